The van der Waals surface area contributed by atoms with E-state index in [0.29, 0.717) is 11.9 Å². The molecule has 1 heterocycles. The minimum Gasteiger partial charge on any atom is -0.439 e. The van der Waals surface area contributed by atoms with Gasteiger partial charge < -0.3 is 15.4 Å². The zero-order valence-electron chi connectivity index (χ0n) is 17.7. The number of halogens is 2. The van der Waals surface area contributed by atoms with Crippen molar-refractivity contribution in [2.45, 2.75) is 26.8 Å². The second-order valence-corrected chi connectivity index (χ2v) is 7.28. The highest BCUT2D eigenvalue weighted by Gasteiger charge is 2.12. The van der Waals surface area contributed by atoms with Crippen LogP contribution in [0, 0.1) is 25.5 Å². The van der Waals surface area contributed by atoms with Crippen LogP contribution < -0.4 is 15.4 Å². The van der Waals surface area contributed by atoms with Crippen molar-refractivity contribution in [1.29, 1.82) is 0 Å². The quantitative estimate of drug-likeness (QED) is 0.551. The van der Waals surface area contributed by atoms with Gasteiger partial charge in [0, 0.05) is 37.8 Å². The first-order chi connectivity index (χ1) is 15.3. The Kier molecular flexibility index (Phi) is 7.49. The molecule has 0 saturated carbocycles. The standard InChI is InChI=1S/C24H23F2N3O3/c1-15-3-4-16(2)21(11-15)32-23-8-5-17(14-29-23)13-28-22(30)9-10-27-24(31)19-7-6-18(25)12-20(19)26/h3-8,11-12,14H,9-10,13H2,1-2H3,(H,27,31)(H,28,30). The Labute approximate surface area is 184 Å². The maximum absolute atomic E-state index is 13.6. The third kappa shape index (κ3) is 6.34. The number of ether oxygens (including phenoxy) is 1. The number of pyridine rings is 1. The number of nitrogens with one attached hydrogen (secondary N) is 2. The molecule has 0 bridgehead atoms. The summed E-state index contributed by atoms with van der Waals surface area (Å²) in [6, 6.07) is 12.1. The monoisotopic (exact) mass is 439 g/mol. The molecule has 0 fully saturated rings. The van der Waals surface area contributed by atoms with E-state index in [1.54, 1.807) is 18.3 Å². The average molecular weight is 439 g/mol. The lowest BCUT2D eigenvalue weighted by atomic mass is 10.1. The molecule has 0 aliphatic rings. The van der Waals surface area contributed by atoms with Gasteiger partial charge in [0.25, 0.3) is 5.91 Å². The Hall–Kier alpha value is -3.81. The molecule has 0 spiro atoms. The molecule has 0 saturated heterocycles. The van der Waals surface area contributed by atoms with Gasteiger partial charge in [-0.2, -0.15) is 0 Å². The number of nitrogens with zero attached hydrogens (tertiary/aromatic N) is 1. The van der Waals surface area contributed by atoms with Crippen molar-refractivity contribution in [1.82, 2.24) is 15.6 Å². The van der Waals surface area contributed by atoms with Crippen LogP contribution in [-0.2, 0) is 11.3 Å². The van der Waals surface area contributed by atoms with Crippen LogP contribution >= 0.6 is 0 Å². The first kappa shape index (κ1) is 22.9. The topological polar surface area (TPSA) is 80.3 Å². The third-order valence-corrected chi connectivity index (χ3v) is 4.66. The van der Waals surface area contributed by atoms with Crippen LogP contribution in [0.1, 0.15) is 33.5 Å². The Morgan fingerprint density at radius 1 is 1.00 bits per heavy atom. The highest BCUT2D eigenvalue weighted by molar-refractivity contribution is 5.94. The predicted molar refractivity (Wildman–Crippen MR) is 115 cm³/mol. The number of benzene rings is 2. The minimum atomic E-state index is -0.954. The van der Waals surface area contributed by atoms with Gasteiger partial charge in [-0.1, -0.05) is 18.2 Å². The summed E-state index contributed by atoms with van der Waals surface area (Å²) in [5.74, 6) is -1.53. The molecule has 0 aliphatic heterocycles. The van der Waals surface area contributed by atoms with Crippen molar-refractivity contribution in [3.05, 3.63) is 88.6 Å². The van der Waals surface area contributed by atoms with Gasteiger partial charge in [0.05, 0.1) is 5.56 Å². The van der Waals surface area contributed by atoms with Gasteiger partial charge in [-0.25, -0.2) is 13.8 Å². The highest BCUT2D eigenvalue weighted by Crippen LogP contribution is 2.24. The molecule has 0 aliphatic carbocycles. The molecule has 2 amide bonds. The van der Waals surface area contributed by atoms with Crippen molar-refractivity contribution in [2.24, 2.45) is 0 Å². The Bertz CT molecular complexity index is 1120. The van der Waals surface area contributed by atoms with E-state index >= 15 is 0 Å². The first-order valence-electron chi connectivity index (χ1n) is 10.0. The lowest BCUT2D eigenvalue weighted by Crippen LogP contribution is -2.31. The van der Waals surface area contributed by atoms with Gasteiger partial charge >= 0.3 is 0 Å². The zero-order chi connectivity index (χ0) is 23.1. The van der Waals surface area contributed by atoms with E-state index in [1.165, 1.54) is 0 Å². The lowest BCUT2D eigenvalue weighted by molar-refractivity contribution is -0.121. The van der Waals surface area contributed by atoms with E-state index < -0.39 is 17.5 Å². The first-order valence-corrected chi connectivity index (χ1v) is 10.0. The number of rotatable bonds is 8. The summed E-state index contributed by atoms with van der Waals surface area (Å²) >= 11 is 0. The minimum absolute atomic E-state index is 0.00973. The second-order valence-electron chi connectivity index (χ2n) is 7.28. The van der Waals surface area contributed by atoms with E-state index in [1.807, 2.05) is 32.0 Å². The Balaban J connectivity index is 1.42. The fourth-order valence-corrected chi connectivity index (χ4v) is 2.85. The molecule has 2 aromatic carbocycles. The van der Waals surface area contributed by atoms with Crippen molar-refractivity contribution >= 4 is 11.8 Å². The molecule has 6 nitrogen and oxygen atoms in total. The number of hydrogen-bond acceptors (Lipinski definition) is 4. The maximum atomic E-state index is 13.6. The fourth-order valence-electron chi connectivity index (χ4n) is 2.85. The van der Waals surface area contributed by atoms with Crippen molar-refractivity contribution in [3.63, 3.8) is 0 Å². The Morgan fingerprint density at radius 2 is 1.81 bits per heavy atom. The van der Waals surface area contributed by atoms with Crippen molar-refractivity contribution in [2.75, 3.05) is 6.54 Å². The number of aromatic nitrogens is 1. The summed E-state index contributed by atoms with van der Waals surface area (Å²) in [5, 5.41) is 5.16. The molecular formula is C24H23F2N3O3. The van der Waals surface area contributed by atoms with Crippen LogP contribution in [0.2, 0.25) is 0 Å². The maximum Gasteiger partial charge on any atom is 0.254 e. The third-order valence-electron chi connectivity index (χ3n) is 4.66. The van der Waals surface area contributed by atoms with E-state index in [0.717, 1.165) is 34.6 Å². The van der Waals surface area contributed by atoms with Crippen LogP contribution in [-0.4, -0.2) is 23.3 Å². The summed E-state index contributed by atoms with van der Waals surface area (Å²) in [4.78, 5) is 28.2. The fraction of sp³-hybridized carbons (Fsp3) is 0.208. The average Bonchev–Trinajstić information content (AvgIpc) is 2.75. The van der Waals surface area contributed by atoms with Crippen molar-refractivity contribution in [3.8, 4) is 11.6 Å². The summed E-state index contributed by atoms with van der Waals surface area (Å²) in [6.45, 7) is 4.22. The van der Waals surface area contributed by atoms with Crippen LogP contribution in [0.3, 0.4) is 0 Å². The highest BCUT2D eigenvalue weighted by atomic mass is 19.1. The largest absolute Gasteiger partial charge is 0.439 e. The number of amides is 2. The molecule has 166 valence electrons. The van der Waals surface area contributed by atoms with E-state index in [2.05, 4.69) is 15.6 Å². The van der Waals surface area contributed by atoms with Gasteiger partial charge in [-0.05, 0) is 48.7 Å². The Morgan fingerprint density at radius 3 is 2.53 bits per heavy atom. The predicted octanol–water partition coefficient (Wildman–Crippen LogP) is 4.21. The number of carbonyl (C=O) groups is 2. The molecular weight excluding hydrogens is 416 g/mol. The summed E-state index contributed by atoms with van der Waals surface area (Å²) in [6.07, 6.45) is 1.62. The second kappa shape index (κ2) is 10.5. The summed E-state index contributed by atoms with van der Waals surface area (Å²) < 4.78 is 32.3. The van der Waals surface area contributed by atoms with Crippen LogP contribution in [0.5, 0.6) is 11.6 Å². The van der Waals surface area contributed by atoms with E-state index in [-0.39, 0.29) is 31.0 Å². The van der Waals surface area contributed by atoms with E-state index in [9.17, 15) is 18.4 Å². The smallest absolute Gasteiger partial charge is 0.254 e. The van der Waals surface area contributed by atoms with Crippen LogP contribution in [0.4, 0.5) is 8.78 Å². The summed E-state index contributed by atoms with van der Waals surface area (Å²) in [5.41, 5.74) is 2.59. The molecule has 0 radical (unpaired) electrons. The molecule has 3 rings (SSSR count). The number of hydrogen-bond donors (Lipinski definition) is 2. The molecule has 32 heavy (non-hydrogen) atoms. The van der Waals surface area contributed by atoms with Crippen molar-refractivity contribution < 1.29 is 23.1 Å². The lowest BCUT2D eigenvalue weighted by Gasteiger charge is -2.10. The summed E-state index contributed by atoms with van der Waals surface area (Å²) in [7, 11) is 0. The van der Waals surface area contributed by atoms with Gasteiger partial charge in [-0.3, -0.25) is 9.59 Å². The molecule has 0 unspecified atom stereocenters. The van der Waals surface area contributed by atoms with Gasteiger partial charge in [0.2, 0.25) is 11.8 Å². The molecule has 3 aromatic rings. The van der Waals surface area contributed by atoms with E-state index in [4.69, 9.17) is 4.74 Å². The molecule has 8 heteroatoms. The van der Waals surface area contributed by atoms with Crippen LogP contribution in [0.25, 0.3) is 0 Å². The molecule has 2 N–H and O–H groups in total. The zero-order valence-corrected chi connectivity index (χ0v) is 17.7. The van der Waals surface area contributed by atoms with Crippen LogP contribution in [0.15, 0.2) is 54.7 Å². The van der Waals surface area contributed by atoms with Gasteiger partial charge in [0.15, 0.2) is 0 Å². The molecule has 1 aromatic heterocycles. The van der Waals surface area contributed by atoms with Gasteiger partial charge in [-0.15, -0.1) is 0 Å². The van der Waals surface area contributed by atoms with Gasteiger partial charge in [0.1, 0.15) is 17.4 Å². The SMILES string of the molecule is Cc1ccc(C)c(Oc2ccc(CNC(=O)CCNC(=O)c3ccc(F)cc3F)cn2)c1. The molecule has 0 atom stereocenters. The number of carbonyl (C=O) groups excluding carboxylic acids is 2. The normalized spacial score (nSPS) is 10.5. The number of aryl methyl sites for hydroxylation is 2.